The molecule has 2 amide bonds. The van der Waals surface area contributed by atoms with Crippen molar-refractivity contribution in [2.24, 2.45) is 0 Å². The third kappa shape index (κ3) is 4.84. The van der Waals surface area contributed by atoms with E-state index in [4.69, 9.17) is 4.74 Å². The van der Waals surface area contributed by atoms with Crippen LogP contribution in [0.3, 0.4) is 0 Å². The molecule has 0 aliphatic heterocycles. The summed E-state index contributed by atoms with van der Waals surface area (Å²) in [6.07, 6.45) is -1.53. The van der Waals surface area contributed by atoms with Crippen LogP contribution in [0.4, 0.5) is 10.5 Å². The minimum Gasteiger partial charge on any atom is -0.481 e. The van der Waals surface area contributed by atoms with Gasteiger partial charge in [0, 0.05) is 13.0 Å². The molecule has 0 spiro atoms. The Morgan fingerprint density at radius 3 is 2.17 bits per heavy atom. The van der Waals surface area contributed by atoms with Crippen molar-refractivity contribution in [2.45, 2.75) is 18.4 Å². The summed E-state index contributed by atoms with van der Waals surface area (Å²) in [5.41, 5.74) is 4.78. The second kappa shape index (κ2) is 10.1. The maximum Gasteiger partial charge on any atom is 0.407 e. The molecule has 3 aromatic rings. The fourth-order valence-electron chi connectivity index (χ4n) is 4.37. The number of fused-ring (bicyclic) bond motifs is 3. The van der Waals surface area contributed by atoms with Gasteiger partial charge in [0.2, 0.25) is 5.91 Å². The number of amides is 2. The number of anilines is 1. The van der Waals surface area contributed by atoms with Crippen LogP contribution in [0, 0.1) is 11.3 Å². The molecule has 4 rings (SSSR count). The first-order valence-corrected chi connectivity index (χ1v) is 11.0. The Morgan fingerprint density at radius 2 is 1.57 bits per heavy atom. The van der Waals surface area contributed by atoms with E-state index in [-0.39, 0.29) is 18.1 Å². The number of nitrogens with one attached hydrogen (secondary N) is 1. The number of likely N-dealkylation sites (N-methyl/N-ethyl adjacent to an activating group) is 1. The molecule has 2 N–H and O–H groups in total. The van der Waals surface area contributed by atoms with Gasteiger partial charge >= 0.3 is 12.1 Å². The maximum absolute atomic E-state index is 13.1. The second-order valence-corrected chi connectivity index (χ2v) is 8.15. The van der Waals surface area contributed by atoms with Crippen LogP contribution >= 0.6 is 0 Å². The van der Waals surface area contributed by atoms with Crippen molar-refractivity contribution >= 4 is 23.7 Å². The number of para-hydroxylation sites is 1. The molecular weight excluding hydrogens is 446 g/mol. The van der Waals surface area contributed by atoms with Gasteiger partial charge in [-0.05, 0) is 34.4 Å². The van der Waals surface area contributed by atoms with Crippen molar-refractivity contribution in [2.75, 3.05) is 18.6 Å². The molecule has 0 saturated heterocycles. The first-order chi connectivity index (χ1) is 16.9. The molecule has 8 heteroatoms. The number of hydrogen-bond acceptors (Lipinski definition) is 5. The number of carboxylic acid groups (broad SMARTS) is 1. The summed E-state index contributed by atoms with van der Waals surface area (Å²) >= 11 is 0. The van der Waals surface area contributed by atoms with Crippen molar-refractivity contribution < 1.29 is 24.2 Å². The zero-order valence-electron chi connectivity index (χ0n) is 19.0. The summed E-state index contributed by atoms with van der Waals surface area (Å²) in [4.78, 5) is 38.3. The third-order valence-electron chi connectivity index (χ3n) is 6.03. The molecular formula is C27H23N3O5. The lowest BCUT2D eigenvalue weighted by Crippen LogP contribution is -2.49. The highest BCUT2D eigenvalue weighted by Gasteiger charge is 2.31. The largest absolute Gasteiger partial charge is 0.481 e. The number of aliphatic carboxylic acids is 1. The molecule has 35 heavy (non-hydrogen) atoms. The quantitative estimate of drug-likeness (QED) is 0.542. The standard InChI is InChI=1S/C27H23N3O5/c1-30(24-13-7-2-8-17(24)15-28)26(33)23(14-25(31)32)29-27(34)35-16-22-20-11-5-3-9-18(20)19-10-4-6-12-21(19)22/h2-13,22-23H,14,16H2,1H3,(H,29,34)(H,31,32). The van der Waals surface area contributed by atoms with E-state index in [2.05, 4.69) is 5.32 Å². The Labute approximate surface area is 202 Å². The van der Waals surface area contributed by atoms with Crippen LogP contribution in [-0.4, -0.2) is 42.8 Å². The van der Waals surface area contributed by atoms with Gasteiger partial charge in [0.1, 0.15) is 18.7 Å². The number of nitriles is 1. The number of rotatable bonds is 7. The third-order valence-corrected chi connectivity index (χ3v) is 6.03. The minimum absolute atomic E-state index is 0.0287. The molecule has 0 heterocycles. The second-order valence-electron chi connectivity index (χ2n) is 8.15. The summed E-state index contributed by atoms with van der Waals surface area (Å²) in [6, 6.07) is 22.8. The molecule has 1 atom stereocenters. The maximum atomic E-state index is 13.1. The summed E-state index contributed by atoms with van der Waals surface area (Å²) in [5, 5.41) is 21.0. The van der Waals surface area contributed by atoms with Crippen molar-refractivity contribution in [3.63, 3.8) is 0 Å². The van der Waals surface area contributed by atoms with E-state index >= 15 is 0 Å². The first kappa shape index (κ1) is 23.5. The average molecular weight is 469 g/mol. The number of alkyl carbamates (subject to hydrolysis) is 1. The van der Waals surface area contributed by atoms with Crippen molar-refractivity contribution in [3.8, 4) is 17.2 Å². The SMILES string of the molecule is CN(C(=O)C(CC(=O)O)NC(=O)OCC1c2ccccc2-c2ccccc21)c1ccccc1C#N. The van der Waals surface area contributed by atoms with E-state index in [1.54, 1.807) is 24.3 Å². The van der Waals surface area contributed by atoms with Crippen LogP contribution in [0.2, 0.25) is 0 Å². The molecule has 1 aliphatic carbocycles. The predicted molar refractivity (Wildman–Crippen MR) is 129 cm³/mol. The van der Waals surface area contributed by atoms with Crippen LogP contribution in [-0.2, 0) is 14.3 Å². The Hall–Kier alpha value is -4.64. The lowest BCUT2D eigenvalue weighted by Gasteiger charge is -2.24. The highest BCUT2D eigenvalue weighted by atomic mass is 16.5. The van der Waals surface area contributed by atoms with E-state index < -0.39 is 30.4 Å². The van der Waals surface area contributed by atoms with Crippen molar-refractivity contribution in [3.05, 3.63) is 89.5 Å². The van der Waals surface area contributed by atoms with Crippen LogP contribution < -0.4 is 10.2 Å². The topological polar surface area (TPSA) is 120 Å². The van der Waals surface area contributed by atoms with Crippen molar-refractivity contribution in [1.29, 1.82) is 5.26 Å². The van der Waals surface area contributed by atoms with Crippen LogP contribution in [0.5, 0.6) is 0 Å². The molecule has 0 aromatic heterocycles. The van der Waals surface area contributed by atoms with Gasteiger partial charge in [-0.1, -0.05) is 60.7 Å². The van der Waals surface area contributed by atoms with Crippen LogP contribution in [0.1, 0.15) is 29.0 Å². The molecule has 1 aliphatic rings. The Bertz CT molecular complexity index is 1280. The van der Waals surface area contributed by atoms with Gasteiger partial charge in [0.15, 0.2) is 0 Å². The lowest BCUT2D eigenvalue weighted by atomic mass is 9.98. The monoisotopic (exact) mass is 469 g/mol. The lowest BCUT2D eigenvalue weighted by molar-refractivity contribution is -0.139. The number of nitrogens with zero attached hydrogens (tertiary/aromatic N) is 2. The number of carboxylic acids is 1. The van der Waals surface area contributed by atoms with E-state index in [9.17, 15) is 24.8 Å². The van der Waals surface area contributed by atoms with Gasteiger partial charge in [-0.15, -0.1) is 0 Å². The summed E-state index contributed by atoms with van der Waals surface area (Å²) < 4.78 is 5.47. The highest BCUT2D eigenvalue weighted by molar-refractivity contribution is 6.00. The minimum atomic E-state index is -1.38. The molecule has 1 unspecified atom stereocenters. The zero-order chi connectivity index (χ0) is 24.9. The first-order valence-electron chi connectivity index (χ1n) is 11.0. The molecule has 3 aromatic carbocycles. The molecule has 0 bridgehead atoms. The number of benzene rings is 3. The predicted octanol–water partition coefficient (Wildman–Crippen LogP) is 3.90. The van der Waals surface area contributed by atoms with Crippen LogP contribution in [0.15, 0.2) is 72.8 Å². The van der Waals surface area contributed by atoms with E-state index in [0.717, 1.165) is 27.2 Å². The molecule has 0 fully saturated rings. The van der Waals surface area contributed by atoms with Gasteiger partial charge in [-0.3, -0.25) is 9.59 Å². The van der Waals surface area contributed by atoms with E-state index in [1.807, 2.05) is 54.6 Å². The normalized spacial score (nSPS) is 12.6. The number of hydrogen-bond donors (Lipinski definition) is 2. The van der Waals surface area contributed by atoms with Crippen molar-refractivity contribution in [1.82, 2.24) is 5.32 Å². The van der Waals surface area contributed by atoms with E-state index in [0.29, 0.717) is 5.69 Å². The Balaban J connectivity index is 1.48. The number of ether oxygens (including phenoxy) is 1. The molecule has 0 radical (unpaired) electrons. The Kier molecular flexibility index (Phi) is 6.78. The van der Waals surface area contributed by atoms with Gasteiger partial charge < -0.3 is 20.1 Å². The smallest absolute Gasteiger partial charge is 0.407 e. The van der Waals surface area contributed by atoms with Gasteiger partial charge in [0.25, 0.3) is 0 Å². The van der Waals surface area contributed by atoms with Crippen LogP contribution in [0.25, 0.3) is 11.1 Å². The van der Waals surface area contributed by atoms with Gasteiger partial charge in [0.05, 0.1) is 17.7 Å². The van der Waals surface area contributed by atoms with Gasteiger partial charge in [-0.2, -0.15) is 5.26 Å². The van der Waals surface area contributed by atoms with E-state index in [1.165, 1.54) is 7.05 Å². The molecule has 8 nitrogen and oxygen atoms in total. The fourth-order valence-corrected chi connectivity index (χ4v) is 4.37. The zero-order valence-corrected chi connectivity index (χ0v) is 19.0. The van der Waals surface area contributed by atoms with Gasteiger partial charge in [-0.25, -0.2) is 4.79 Å². The number of carbonyl (C=O) groups excluding carboxylic acids is 2. The molecule has 176 valence electrons. The molecule has 0 saturated carbocycles. The number of carbonyl (C=O) groups is 3. The summed E-state index contributed by atoms with van der Waals surface area (Å²) in [5.74, 6) is -2.11. The Morgan fingerprint density at radius 1 is 1.00 bits per heavy atom. The summed E-state index contributed by atoms with van der Waals surface area (Å²) in [7, 11) is 1.42. The average Bonchev–Trinajstić information content (AvgIpc) is 3.19. The fraction of sp³-hybridized carbons (Fsp3) is 0.185. The summed E-state index contributed by atoms with van der Waals surface area (Å²) in [6.45, 7) is 0.0287. The highest BCUT2D eigenvalue weighted by Crippen LogP contribution is 2.44.